The monoisotopic (exact) mass is 472 g/mol. The molecule has 2 heterocycles. The van der Waals surface area contributed by atoms with Crippen LogP contribution in [0.2, 0.25) is 0 Å². The number of fused-ring (bicyclic) bond motifs is 2. The van der Waals surface area contributed by atoms with Crippen molar-refractivity contribution in [3.05, 3.63) is 72.1 Å². The quantitative estimate of drug-likeness (QED) is 0.249. The van der Waals surface area contributed by atoms with Crippen molar-refractivity contribution < 1.29 is 59.6 Å². The van der Waals surface area contributed by atoms with Crippen molar-refractivity contribution in [3.8, 4) is 11.5 Å². The number of carbonyl (C=O) groups is 2. The van der Waals surface area contributed by atoms with Gasteiger partial charge in [0.25, 0.3) is 0 Å². The summed E-state index contributed by atoms with van der Waals surface area (Å²) in [5.74, 6) is -2.23. The van der Waals surface area contributed by atoms with E-state index in [0.29, 0.717) is 10.8 Å². The Bertz CT molecular complexity index is 1150. The van der Waals surface area contributed by atoms with E-state index in [9.17, 15) is 20.1 Å². The second kappa shape index (κ2) is 10.4. The summed E-state index contributed by atoms with van der Waals surface area (Å²) in [5, 5.41) is 39.5. The van der Waals surface area contributed by atoms with Gasteiger partial charge in [0.15, 0.2) is 0 Å². The van der Waals surface area contributed by atoms with Gasteiger partial charge < -0.3 is 30.5 Å². The molecule has 0 saturated carbocycles. The minimum Gasteiger partial charge on any atom is -0.664 e. The Morgan fingerprint density at radius 2 is 1.06 bits per heavy atom. The predicted molar refractivity (Wildman–Crippen MR) is 98.7 cm³/mol. The van der Waals surface area contributed by atoms with Crippen LogP contribution in [0.15, 0.2) is 60.7 Å². The molecule has 11 heteroatoms. The van der Waals surface area contributed by atoms with Crippen molar-refractivity contribution >= 4 is 33.7 Å². The van der Waals surface area contributed by atoms with Crippen molar-refractivity contribution in [1.82, 2.24) is 9.97 Å². The van der Waals surface area contributed by atoms with Crippen LogP contribution >= 0.6 is 0 Å². The summed E-state index contributed by atoms with van der Waals surface area (Å²) in [6, 6.07) is 15.5. The van der Waals surface area contributed by atoms with Crippen LogP contribution in [0.5, 0.6) is 11.5 Å². The molecule has 0 aliphatic heterocycles. The van der Waals surface area contributed by atoms with Gasteiger partial charge in [-0.05, 0) is 24.3 Å². The van der Waals surface area contributed by atoms with Crippen molar-refractivity contribution in [3.63, 3.8) is 0 Å². The molecular formula is C20H12N2O8Zn. The van der Waals surface area contributed by atoms with E-state index in [-0.39, 0.29) is 53.4 Å². The average Bonchev–Trinajstić information content (AvgIpc) is 2.77. The molecule has 0 fully saturated rings. The number of benzene rings is 2. The first-order valence-electron chi connectivity index (χ1n) is 8.30. The van der Waals surface area contributed by atoms with Gasteiger partial charge in [0, 0.05) is 10.8 Å². The number of nitrogens with zero attached hydrogens (tertiary/aromatic N) is 2. The number of aromatic nitrogens is 2. The van der Waals surface area contributed by atoms with Gasteiger partial charge in [-0.1, -0.05) is 36.4 Å². The van der Waals surface area contributed by atoms with Gasteiger partial charge in [-0.15, -0.1) is 0 Å². The van der Waals surface area contributed by atoms with Gasteiger partial charge in [-0.3, -0.25) is 0 Å². The van der Waals surface area contributed by atoms with Crippen molar-refractivity contribution in [2.75, 3.05) is 0 Å². The number of carboxylic acid groups (broad SMARTS) is 2. The molecule has 0 spiro atoms. The van der Waals surface area contributed by atoms with E-state index in [1.165, 1.54) is 24.3 Å². The average molecular weight is 474 g/mol. The van der Waals surface area contributed by atoms with E-state index in [0.717, 1.165) is 0 Å². The van der Waals surface area contributed by atoms with Gasteiger partial charge >= 0.3 is 31.4 Å². The van der Waals surface area contributed by atoms with Crippen molar-refractivity contribution in [2.24, 2.45) is 0 Å². The van der Waals surface area contributed by atoms with E-state index in [1.54, 1.807) is 36.4 Å². The Hall–Kier alpha value is -3.66. The van der Waals surface area contributed by atoms with Crippen LogP contribution in [-0.2, 0) is 19.5 Å². The fraction of sp³-hybridized carbons (Fsp3) is 0. The normalized spacial score (nSPS) is 9.87. The first-order chi connectivity index (χ1) is 14.4. The van der Waals surface area contributed by atoms with Crippen molar-refractivity contribution in [1.29, 1.82) is 0 Å². The third-order valence-electron chi connectivity index (χ3n) is 3.98. The molecule has 0 radical (unpaired) electrons. The SMILES string of the molecule is O=C(O)c1ccc2cccc(O[O-])c2n1.O=C(O)c1ccc2cccc(O[O-])c2n1.[Zn+2]. The molecule has 152 valence electrons. The smallest absolute Gasteiger partial charge is 0.664 e. The molecule has 0 aliphatic carbocycles. The third-order valence-corrected chi connectivity index (χ3v) is 3.98. The molecule has 0 atom stereocenters. The maximum Gasteiger partial charge on any atom is 2.00 e. The van der Waals surface area contributed by atoms with Gasteiger partial charge in [0.05, 0.1) is 0 Å². The number of carboxylic acids is 2. The second-order valence-corrected chi connectivity index (χ2v) is 5.83. The standard InChI is InChI=1S/2C10H7NO4.Zn/c2*12-10(13)7-5-4-6-2-1-3-8(15-14)9(6)11-7;/h2*1-5,14H,(H,12,13);/q;;+2/p-2. The van der Waals surface area contributed by atoms with E-state index in [2.05, 4.69) is 19.7 Å². The molecule has 4 aromatic rings. The Morgan fingerprint density at radius 3 is 1.39 bits per heavy atom. The van der Waals surface area contributed by atoms with Crippen LogP contribution in [0.4, 0.5) is 0 Å². The Labute approximate surface area is 186 Å². The van der Waals surface area contributed by atoms with E-state index in [4.69, 9.17) is 10.2 Å². The summed E-state index contributed by atoms with van der Waals surface area (Å²) in [4.78, 5) is 36.7. The number of pyridine rings is 2. The summed E-state index contributed by atoms with van der Waals surface area (Å²) in [5.41, 5.74) is 0.277. The van der Waals surface area contributed by atoms with Crippen LogP contribution in [0, 0.1) is 0 Å². The molecule has 0 unspecified atom stereocenters. The fourth-order valence-electron chi connectivity index (χ4n) is 2.61. The van der Waals surface area contributed by atoms with Crippen LogP contribution < -0.4 is 20.3 Å². The summed E-state index contributed by atoms with van der Waals surface area (Å²) >= 11 is 0. The van der Waals surface area contributed by atoms with Crippen molar-refractivity contribution in [2.45, 2.75) is 0 Å². The molecule has 2 N–H and O–H groups in total. The molecule has 0 aliphatic rings. The molecule has 0 saturated heterocycles. The first-order valence-corrected chi connectivity index (χ1v) is 8.30. The topological polar surface area (TPSA) is 165 Å². The maximum absolute atomic E-state index is 10.7. The van der Waals surface area contributed by atoms with Crippen LogP contribution in [0.25, 0.3) is 21.8 Å². The molecule has 4 rings (SSSR count). The molecule has 31 heavy (non-hydrogen) atoms. The number of rotatable bonds is 4. The maximum atomic E-state index is 10.7. The minimum absolute atomic E-state index is 0. The Morgan fingerprint density at radius 1 is 0.677 bits per heavy atom. The summed E-state index contributed by atoms with van der Waals surface area (Å²) in [6.07, 6.45) is 0. The van der Waals surface area contributed by atoms with Gasteiger partial charge in [0.1, 0.15) is 33.9 Å². The fourth-order valence-corrected chi connectivity index (χ4v) is 2.61. The second-order valence-electron chi connectivity index (χ2n) is 5.83. The van der Waals surface area contributed by atoms with Gasteiger partial charge in [0.2, 0.25) is 0 Å². The van der Waals surface area contributed by atoms with Crippen LogP contribution in [0.1, 0.15) is 21.0 Å². The molecule has 2 aromatic carbocycles. The Balaban J connectivity index is 0.000000213. The first kappa shape index (κ1) is 23.6. The third kappa shape index (κ3) is 5.29. The largest absolute Gasteiger partial charge is 2.00 e. The van der Waals surface area contributed by atoms with E-state index in [1.807, 2.05) is 0 Å². The van der Waals surface area contributed by atoms with Gasteiger partial charge in [-0.2, -0.15) is 0 Å². The summed E-state index contributed by atoms with van der Waals surface area (Å²) in [7, 11) is 0. The molecule has 2 aromatic heterocycles. The molecule has 0 bridgehead atoms. The summed E-state index contributed by atoms with van der Waals surface area (Å²) in [6.45, 7) is 0. The molecular weight excluding hydrogens is 462 g/mol. The number of aromatic carboxylic acids is 2. The zero-order valence-corrected chi connectivity index (χ0v) is 18.7. The number of para-hydroxylation sites is 2. The predicted octanol–water partition coefficient (Wildman–Crippen LogP) is 1.17. The number of hydrogen-bond acceptors (Lipinski definition) is 8. The Kier molecular flexibility index (Phi) is 7.92. The van der Waals surface area contributed by atoms with E-state index >= 15 is 0 Å². The van der Waals surface area contributed by atoms with Crippen LogP contribution in [-0.4, -0.2) is 32.1 Å². The minimum atomic E-state index is -1.14. The zero-order valence-electron chi connectivity index (χ0n) is 15.7. The van der Waals surface area contributed by atoms with Crippen LogP contribution in [0.3, 0.4) is 0 Å². The summed E-state index contributed by atoms with van der Waals surface area (Å²) < 4.78 is 0. The zero-order chi connectivity index (χ0) is 21.7. The number of hydrogen-bond donors (Lipinski definition) is 2. The van der Waals surface area contributed by atoms with Gasteiger partial charge in [-0.25, -0.2) is 19.6 Å². The molecule has 10 nitrogen and oxygen atoms in total. The molecule has 0 amide bonds. The van der Waals surface area contributed by atoms with E-state index < -0.39 is 11.9 Å².